The minimum absolute atomic E-state index is 0.365. The maximum absolute atomic E-state index is 10.4. The van der Waals surface area contributed by atoms with Gasteiger partial charge < -0.3 is 9.46 Å². The molecule has 0 aliphatic rings. The molecule has 2 nitrogen and oxygen atoms in total. The average Bonchev–Trinajstić information content (AvgIpc) is 1.59. The third-order valence-corrected chi connectivity index (χ3v) is 2.05. The summed E-state index contributed by atoms with van der Waals surface area (Å²) in [5, 5.41) is 0. The topological polar surface area (TPSA) is 40.1 Å². The van der Waals surface area contributed by atoms with Crippen molar-refractivity contribution in [2.75, 3.05) is 12.8 Å². The molecule has 3 heteroatoms. The number of hydrogen-bond acceptors (Lipinski definition) is 2. The molecule has 0 aliphatic carbocycles. The maximum Gasteiger partial charge on any atom is 0.0118 e. The second-order valence-electron chi connectivity index (χ2n) is 2.09. The van der Waals surface area contributed by atoms with Gasteiger partial charge in [-0.2, -0.15) is 0 Å². The maximum atomic E-state index is 10.4. The van der Waals surface area contributed by atoms with Crippen LogP contribution in [0.4, 0.5) is 0 Å². The minimum atomic E-state index is -2.93. The minimum Gasteiger partial charge on any atom is -0.799 e. The largest absolute Gasteiger partial charge is 0.799 e. The highest BCUT2D eigenvalue weighted by molar-refractivity contribution is 7.55. The Labute approximate surface area is 50.4 Å². The average molecular weight is 135 g/mol. The fourth-order valence-electron chi connectivity index (χ4n) is 0.445. The summed E-state index contributed by atoms with van der Waals surface area (Å²) in [6.07, 6.45) is 2.13. The molecule has 50 valence electrons. The van der Waals surface area contributed by atoms with Crippen molar-refractivity contribution in [3.63, 3.8) is 0 Å². The first kappa shape index (κ1) is 8.19. The van der Waals surface area contributed by atoms with E-state index in [1.807, 2.05) is 6.92 Å². The number of unbranched alkanes of at least 4 members (excludes halogenated alkanes) is 1. The summed E-state index contributed by atoms with van der Waals surface area (Å²) in [5.41, 5.74) is 0. The number of rotatable bonds is 3. The van der Waals surface area contributed by atoms with Gasteiger partial charge in [0.05, 0.1) is 0 Å². The van der Waals surface area contributed by atoms with Crippen molar-refractivity contribution in [2.24, 2.45) is 0 Å². The highest BCUT2D eigenvalue weighted by atomic mass is 31.2. The van der Waals surface area contributed by atoms with E-state index in [0.29, 0.717) is 6.16 Å². The van der Waals surface area contributed by atoms with Crippen LogP contribution in [0, 0.1) is 0 Å². The predicted molar refractivity (Wildman–Crippen MR) is 33.3 cm³/mol. The van der Waals surface area contributed by atoms with Crippen molar-refractivity contribution in [2.45, 2.75) is 19.8 Å². The molecule has 0 fully saturated rings. The second-order valence-corrected chi connectivity index (χ2v) is 4.57. The first-order chi connectivity index (χ1) is 3.56. The Hall–Kier alpha value is 0.190. The lowest BCUT2D eigenvalue weighted by Crippen LogP contribution is -2.01. The molecule has 8 heavy (non-hydrogen) atoms. The zero-order chi connectivity index (χ0) is 6.62. The third kappa shape index (κ3) is 6.19. The molecule has 1 unspecified atom stereocenters. The van der Waals surface area contributed by atoms with E-state index < -0.39 is 7.37 Å². The van der Waals surface area contributed by atoms with Gasteiger partial charge in [0.25, 0.3) is 0 Å². The van der Waals surface area contributed by atoms with Crippen molar-refractivity contribution in [1.82, 2.24) is 0 Å². The summed E-state index contributed by atoms with van der Waals surface area (Å²) in [6.45, 7) is 3.28. The lowest BCUT2D eigenvalue weighted by molar-refractivity contribution is -0.173. The molecule has 0 aromatic carbocycles. The molecule has 0 aromatic rings. The van der Waals surface area contributed by atoms with Gasteiger partial charge in [0, 0.05) is 7.37 Å². The molecule has 0 heterocycles. The molecule has 0 N–H and O–H groups in total. The van der Waals surface area contributed by atoms with Gasteiger partial charge in [-0.15, -0.1) is 0 Å². The fraction of sp³-hybridized carbons (Fsp3) is 1.00. The predicted octanol–water partition coefficient (Wildman–Crippen LogP) is 1.05. The molecule has 0 aliphatic heterocycles. The Balaban J connectivity index is 3.26. The van der Waals surface area contributed by atoms with Crippen LogP contribution >= 0.6 is 7.37 Å². The molecule has 0 spiro atoms. The van der Waals surface area contributed by atoms with Crippen LogP contribution in [0.15, 0.2) is 0 Å². The Morgan fingerprint density at radius 3 is 2.25 bits per heavy atom. The monoisotopic (exact) mass is 135 g/mol. The number of hydrogen-bond donors (Lipinski definition) is 0. The summed E-state index contributed by atoms with van der Waals surface area (Å²) in [5.74, 6) is 0. The van der Waals surface area contributed by atoms with Crippen LogP contribution in [0.5, 0.6) is 0 Å². The summed E-state index contributed by atoms with van der Waals surface area (Å²) in [4.78, 5) is 10.4. The van der Waals surface area contributed by atoms with Gasteiger partial charge in [-0.1, -0.05) is 13.3 Å². The standard InChI is InChI=1S/C5H13O2P/c1-3-4-5-8(2,6)7/h3-5H2,1-2H3,(H,6,7)/p-1. The molecule has 0 saturated carbocycles. The first-order valence-corrected chi connectivity index (χ1v) is 5.09. The van der Waals surface area contributed by atoms with Gasteiger partial charge in [-0.3, -0.25) is 0 Å². The summed E-state index contributed by atoms with van der Waals surface area (Å²) in [7, 11) is -2.93. The summed E-state index contributed by atoms with van der Waals surface area (Å²) in [6, 6.07) is 0. The third-order valence-electron chi connectivity index (χ3n) is 0.918. The van der Waals surface area contributed by atoms with Gasteiger partial charge in [0.1, 0.15) is 0 Å². The van der Waals surface area contributed by atoms with Crippen molar-refractivity contribution >= 4 is 7.37 Å². The first-order valence-electron chi connectivity index (χ1n) is 2.84. The van der Waals surface area contributed by atoms with Crippen LogP contribution in [0.2, 0.25) is 0 Å². The Kier molecular flexibility index (Phi) is 3.34. The van der Waals surface area contributed by atoms with Crippen molar-refractivity contribution < 1.29 is 9.46 Å². The highest BCUT2D eigenvalue weighted by Crippen LogP contribution is 2.30. The van der Waals surface area contributed by atoms with E-state index in [-0.39, 0.29) is 0 Å². The summed E-state index contributed by atoms with van der Waals surface area (Å²) < 4.78 is 10.4. The lowest BCUT2D eigenvalue weighted by Gasteiger charge is -2.15. The molecule has 0 radical (unpaired) electrons. The van der Waals surface area contributed by atoms with E-state index in [1.165, 1.54) is 6.66 Å². The molecule has 0 bridgehead atoms. The van der Waals surface area contributed by atoms with E-state index in [9.17, 15) is 9.46 Å². The van der Waals surface area contributed by atoms with Crippen LogP contribution in [0.25, 0.3) is 0 Å². The van der Waals surface area contributed by atoms with E-state index in [0.717, 1.165) is 12.8 Å². The van der Waals surface area contributed by atoms with Crippen molar-refractivity contribution in [3.05, 3.63) is 0 Å². The zero-order valence-corrected chi connectivity index (χ0v) is 6.28. The molecule has 0 saturated heterocycles. The smallest absolute Gasteiger partial charge is 0.0118 e. The van der Waals surface area contributed by atoms with Gasteiger partial charge >= 0.3 is 0 Å². The summed E-state index contributed by atoms with van der Waals surface area (Å²) >= 11 is 0. The van der Waals surface area contributed by atoms with E-state index in [4.69, 9.17) is 0 Å². The van der Waals surface area contributed by atoms with Gasteiger partial charge in [-0.25, -0.2) is 0 Å². The molecule has 0 amide bonds. The van der Waals surface area contributed by atoms with Crippen molar-refractivity contribution in [1.29, 1.82) is 0 Å². The zero-order valence-electron chi connectivity index (χ0n) is 5.39. The quantitative estimate of drug-likeness (QED) is 0.543. The SMILES string of the molecule is CCCCP(C)(=O)[O-]. The Morgan fingerprint density at radius 2 is 2.12 bits per heavy atom. The molecule has 0 rings (SSSR count). The molecular weight excluding hydrogens is 123 g/mol. The van der Waals surface area contributed by atoms with Crippen molar-refractivity contribution in [3.8, 4) is 0 Å². The van der Waals surface area contributed by atoms with E-state index in [1.54, 1.807) is 0 Å². The molecular formula is C5H12O2P-. The van der Waals surface area contributed by atoms with Crippen LogP contribution in [-0.2, 0) is 4.57 Å². The molecule has 0 aromatic heterocycles. The van der Waals surface area contributed by atoms with Crippen LogP contribution in [0.1, 0.15) is 19.8 Å². The van der Waals surface area contributed by atoms with Gasteiger partial charge in [0.2, 0.25) is 0 Å². The molecule has 1 atom stereocenters. The van der Waals surface area contributed by atoms with E-state index >= 15 is 0 Å². The van der Waals surface area contributed by atoms with Crippen LogP contribution < -0.4 is 4.89 Å². The van der Waals surface area contributed by atoms with E-state index in [2.05, 4.69) is 0 Å². The highest BCUT2D eigenvalue weighted by Gasteiger charge is 1.94. The van der Waals surface area contributed by atoms with Crippen LogP contribution in [0.3, 0.4) is 0 Å². The van der Waals surface area contributed by atoms with Gasteiger partial charge in [-0.05, 0) is 19.2 Å². The Bertz CT molecular complexity index is 94.6. The lowest BCUT2D eigenvalue weighted by atomic mass is 10.4. The second kappa shape index (κ2) is 3.26. The fourth-order valence-corrected chi connectivity index (χ4v) is 1.34. The van der Waals surface area contributed by atoms with Gasteiger partial charge in [0.15, 0.2) is 0 Å². The Morgan fingerprint density at radius 1 is 1.62 bits per heavy atom. The normalized spacial score (nSPS) is 17.9. The van der Waals surface area contributed by atoms with Crippen LogP contribution in [-0.4, -0.2) is 12.8 Å².